The Hall–Kier alpha value is -1.77. The van der Waals surface area contributed by atoms with Crippen molar-refractivity contribution in [1.82, 2.24) is 4.57 Å². The minimum atomic E-state index is -0.170. The number of rotatable bonds is 3. The fraction of sp³-hybridized carbons (Fsp3) is 0.231. The van der Waals surface area contributed by atoms with Crippen molar-refractivity contribution in [3.8, 4) is 0 Å². The first-order valence-corrected chi connectivity index (χ1v) is 5.27. The molecule has 2 aromatic rings. The van der Waals surface area contributed by atoms with E-state index in [0.717, 1.165) is 5.69 Å². The molecular weight excluding hydrogens is 203 g/mol. The first-order valence-electron chi connectivity index (χ1n) is 5.27. The molecule has 0 spiro atoms. The van der Waals surface area contributed by atoms with Gasteiger partial charge in [-0.1, -0.05) is 6.07 Å². The molecule has 0 atom stereocenters. The molecular formula is C13H15FN2. The van der Waals surface area contributed by atoms with Gasteiger partial charge in [-0.05, 0) is 31.2 Å². The molecule has 3 heteroatoms. The topological polar surface area (TPSA) is 17.0 Å². The quantitative estimate of drug-likeness (QED) is 0.837. The van der Waals surface area contributed by atoms with Gasteiger partial charge in [0.05, 0.1) is 6.54 Å². The van der Waals surface area contributed by atoms with E-state index in [1.807, 2.05) is 36.0 Å². The molecule has 1 aromatic heterocycles. The average Bonchev–Trinajstić information content (AvgIpc) is 2.67. The van der Waals surface area contributed by atoms with Gasteiger partial charge in [-0.2, -0.15) is 0 Å². The van der Waals surface area contributed by atoms with E-state index in [0.29, 0.717) is 12.1 Å². The molecule has 0 aliphatic carbocycles. The zero-order chi connectivity index (χ0) is 11.5. The largest absolute Gasteiger partial charge is 0.379 e. The van der Waals surface area contributed by atoms with Gasteiger partial charge in [0.25, 0.3) is 0 Å². The Morgan fingerprint density at radius 3 is 2.75 bits per heavy atom. The summed E-state index contributed by atoms with van der Waals surface area (Å²) in [7, 11) is 2.00. The lowest BCUT2D eigenvalue weighted by molar-refractivity contribution is 0.619. The lowest BCUT2D eigenvalue weighted by atomic mass is 10.2. The monoisotopic (exact) mass is 218 g/mol. The molecule has 0 bridgehead atoms. The third kappa shape index (κ3) is 2.08. The lowest BCUT2D eigenvalue weighted by Gasteiger charge is -2.10. The van der Waals surface area contributed by atoms with Gasteiger partial charge in [-0.3, -0.25) is 0 Å². The number of halogens is 1. The average molecular weight is 218 g/mol. The highest BCUT2D eigenvalue weighted by Gasteiger charge is 2.03. The predicted molar refractivity (Wildman–Crippen MR) is 63.9 cm³/mol. The van der Waals surface area contributed by atoms with E-state index in [-0.39, 0.29) is 5.82 Å². The first-order chi connectivity index (χ1) is 7.68. The van der Waals surface area contributed by atoms with Crippen LogP contribution in [0.3, 0.4) is 0 Å². The molecule has 0 fully saturated rings. The lowest BCUT2D eigenvalue weighted by Crippen LogP contribution is -2.05. The van der Waals surface area contributed by atoms with Gasteiger partial charge in [-0.25, -0.2) is 4.39 Å². The van der Waals surface area contributed by atoms with E-state index in [2.05, 4.69) is 5.32 Å². The predicted octanol–water partition coefficient (Wildman–Crippen LogP) is 3.08. The van der Waals surface area contributed by atoms with E-state index >= 15 is 0 Å². The Labute approximate surface area is 94.7 Å². The SMILES string of the molecule is Cc1c(F)cccc1NCc1cccn1C. The Kier molecular flexibility index (Phi) is 2.95. The Morgan fingerprint density at radius 2 is 2.06 bits per heavy atom. The Morgan fingerprint density at radius 1 is 1.25 bits per heavy atom. The van der Waals surface area contributed by atoms with Crippen LogP contribution < -0.4 is 5.32 Å². The molecule has 1 N–H and O–H groups in total. The second kappa shape index (κ2) is 4.39. The number of aromatic nitrogens is 1. The van der Waals surface area contributed by atoms with Crippen molar-refractivity contribution in [2.75, 3.05) is 5.32 Å². The molecule has 0 aliphatic heterocycles. The normalized spacial score (nSPS) is 10.4. The van der Waals surface area contributed by atoms with Gasteiger partial charge in [0, 0.05) is 30.2 Å². The standard InChI is InChI=1S/C13H15FN2/c1-10-12(14)6-3-7-13(10)15-9-11-5-4-8-16(11)2/h3-8,15H,9H2,1-2H3. The Bertz CT molecular complexity index is 488. The van der Waals surface area contributed by atoms with Crippen LogP contribution in [0, 0.1) is 12.7 Å². The second-order valence-corrected chi connectivity index (χ2v) is 3.88. The van der Waals surface area contributed by atoms with Crippen LogP contribution in [0.1, 0.15) is 11.3 Å². The van der Waals surface area contributed by atoms with Gasteiger partial charge in [0.15, 0.2) is 0 Å². The van der Waals surface area contributed by atoms with E-state index in [9.17, 15) is 4.39 Å². The van der Waals surface area contributed by atoms with Gasteiger partial charge in [0.1, 0.15) is 5.82 Å². The molecule has 0 aliphatic rings. The van der Waals surface area contributed by atoms with E-state index in [4.69, 9.17) is 0 Å². The summed E-state index contributed by atoms with van der Waals surface area (Å²) in [4.78, 5) is 0. The number of hydrogen-bond acceptors (Lipinski definition) is 1. The van der Waals surface area contributed by atoms with Crippen LogP contribution in [0.4, 0.5) is 10.1 Å². The maximum absolute atomic E-state index is 13.3. The van der Waals surface area contributed by atoms with Gasteiger partial charge in [0.2, 0.25) is 0 Å². The summed E-state index contributed by atoms with van der Waals surface area (Å²) in [5.41, 5.74) is 2.68. The summed E-state index contributed by atoms with van der Waals surface area (Å²) < 4.78 is 15.3. The van der Waals surface area contributed by atoms with Crippen LogP contribution >= 0.6 is 0 Å². The van der Waals surface area contributed by atoms with Crippen LogP contribution in [0.25, 0.3) is 0 Å². The number of nitrogens with zero attached hydrogens (tertiary/aromatic N) is 1. The number of nitrogens with one attached hydrogen (secondary N) is 1. The molecule has 1 heterocycles. The number of anilines is 1. The number of benzene rings is 1. The highest BCUT2D eigenvalue weighted by molar-refractivity contribution is 5.51. The molecule has 0 saturated carbocycles. The van der Waals surface area contributed by atoms with Crippen LogP contribution in [0.2, 0.25) is 0 Å². The van der Waals surface area contributed by atoms with Crippen molar-refractivity contribution in [1.29, 1.82) is 0 Å². The van der Waals surface area contributed by atoms with Crippen molar-refractivity contribution in [2.45, 2.75) is 13.5 Å². The molecule has 2 nitrogen and oxygen atoms in total. The van der Waals surface area contributed by atoms with Crippen LogP contribution in [0.5, 0.6) is 0 Å². The maximum Gasteiger partial charge on any atom is 0.128 e. The third-order valence-electron chi connectivity index (χ3n) is 2.78. The van der Waals surface area contributed by atoms with E-state index in [1.165, 1.54) is 11.8 Å². The molecule has 84 valence electrons. The highest BCUT2D eigenvalue weighted by atomic mass is 19.1. The highest BCUT2D eigenvalue weighted by Crippen LogP contribution is 2.18. The Balaban J connectivity index is 2.11. The summed E-state index contributed by atoms with van der Waals surface area (Å²) in [6, 6.07) is 9.12. The zero-order valence-electron chi connectivity index (χ0n) is 9.50. The van der Waals surface area contributed by atoms with Gasteiger partial charge < -0.3 is 9.88 Å². The zero-order valence-corrected chi connectivity index (χ0v) is 9.50. The van der Waals surface area contributed by atoms with Crippen LogP contribution in [0.15, 0.2) is 36.5 Å². The fourth-order valence-corrected chi connectivity index (χ4v) is 1.66. The molecule has 0 saturated heterocycles. The van der Waals surface area contributed by atoms with Crippen LogP contribution in [-0.4, -0.2) is 4.57 Å². The van der Waals surface area contributed by atoms with Crippen LogP contribution in [-0.2, 0) is 13.6 Å². The van der Waals surface area contributed by atoms with E-state index < -0.39 is 0 Å². The molecule has 0 radical (unpaired) electrons. The minimum absolute atomic E-state index is 0.170. The van der Waals surface area contributed by atoms with Crippen molar-refractivity contribution in [2.24, 2.45) is 7.05 Å². The van der Waals surface area contributed by atoms with Crippen molar-refractivity contribution >= 4 is 5.69 Å². The second-order valence-electron chi connectivity index (χ2n) is 3.88. The smallest absolute Gasteiger partial charge is 0.128 e. The summed E-state index contributed by atoms with van der Waals surface area (Å²) in [5.74, 6) is -0.170. The molecule has 16 heavy (non-hydrogen) atoms. The van der Waals surface area contributed by atoms with Crippen molar-refractivity contribution < 1.29 is 4.39 Å². The molecule has 1 aromatic carbocycles. The first kappa shape index (κ1) is 10.7. The number of hydrogen-bond donors (Lipinski definition) is 1. The van der Waals surface area contributed by atoms with Gasteiger partial charge in [-0.15, -0.1) is 0 Å². The van der Waals surface area contributed by atoms with Crippen molar-refractivity contribution in [3.63, 3.8) is 0 Å². The summed E-state index contributed by atoms with van der Waals surface area (Å²) >= 11 is 0. The fourth-order valence-electron chi connectivity index (χ4n) is 1.66. The maximum atomic E-state index is 13.3. The summed E-state index contributed by atoms with van der Waals surface area (Å²) in [5, 5.41) is 3.24. The molecule has 0 unspecified atom stereocenters. The molecule has 2 rings (SSSR count). The number of aryl methyl sites for hydroxylation is 1. The van der Waals surface area contributed by atoms with E-state index in [1.54, 1.807) is 13.0 Å². The van der Waals surface area contributed by atoms with Gasteiger partial charge >= 0.3 is 0 Å². The summed E-state index contributed by atoms with van der Waals surface area (Å²) in [6.45, 7) is 2.48. The summed E-state index contributed by atoms with van der Waals surface area (Å²) in [6.07, 6.45) is 2.00. The third-order valence-corrected chi connectivity index (χ3v) is 2.78. The molecule has 0 amide bonds. The van der Waals surface area contributed by atoms with Crippen molar-refractivity contribution in [3.05, 3.63) is 53.6 Å². The minimum Gasteiger partial charge on any atom is -0.379 e.